The molecule has 2 rings (SSSR count). The van der Waals surface area contributed by atoms with Gasteiger partial charge in [-0.15, -0.1) is 13.2 Å². The summed E-state index contributed by atoms with van der Waals surface area (Å²) in [5.74, 6) is -0.435. The smallest absolute Gasteiger partial charge is 0.405 e. The van der Waals surface area contributed by atoms with Gasteiger partial charge in [0.2, 0.25) is 0 Å². The van der Waals surface area contributed by atoms with Gasteiger partial charge in [0.15, 0.2) is 9.84 Å². The lowest BCUT2D eigenvalue weighted by Crippen LogP contribution is -2.17. The topological polar surface area (TPSA) is 43.4 Å². The Bertz CT molecular complexity index is 752. The Morgan fingerprint density at radius 2 is 1.90 bits per heavy atom. The maximum absolute atomic E-state index is 12.4. The molecule has 0 bridgehead atoms. The van der Waals surface area contributed by atoms with Crippen molar-refractivity contribution >= 4 is 9.84 Å². The molecule has 0 saturated carbocycles. The fraction of sp³-hybridized carbons (Fsp3) is 0.143. The minimum atomic E-state index is -4.83. The Balaban J connectivity index is 2.53. The molecule has 0 heterocycles. The molecule has 0 aliphatic heterocycles. The predicted molar refractivity (Wildman–Crippen MR) is 70.5 cm³/mol. The molecule has 0 aliphatic carbocycles. The lowest BCUT2D eigenvalue weighted by atomic mass is 10.1. The minimum Gasteiger partial charge on any atom is -0.405 e. The van der Waals surface area contributed by atoms with Gasteiger partial charge in [-0.2, -0.15) is 0 Å². The van der Waals surface area contributed by atoms with Crippen molar-refractivity contribution in [2.24, 2.45) is 0 Å². The van der Waals surface area contributed by atoms with Crippen LogP contribution in [0.1, 0.15) is 0 Å². The van der Waals surface area contributed by atoms with Crippen LogP contribution in [0.4, 0.5) is 13.2 Å². The van der Waals surface area contributed by atoms with Crippen LogP contribution in [0.15, 0.2) is 47.4 Å². The summed E-state index contributed by atoms with van der Waals surface area (Å²) >= 11 is 0. The van der Waals surface area contributed by atoms with Crippen LogP contribution in [-0.4, -0.2) is 21.0 Å². The Labute approximate surface area is 119 Å². The van der Waals surface area contributed by atoms with Gasteiger partial charge in [-0.25, -0.2) is 8.42 Å². The van der Waals surface area contributed by atoms with Gasteiger partial charge in [0, 0.05) is 11.8 Å². The molecule has 111 valence electrons. The van der Waals surface area contributed by atoms with E-state index in [4.69, 9.17) is 0 Å². The molecule has 0 atom stereocenters. The van der Waals surface area contributed by atoms with Crippen LogP contribution in [0.25, 0.3) is 11.1 Å². The molecule has 0 fully saturated rings. The van der Waals surface area contributed by atoms with E-state index in [1.54, 1.807) is 0 Å². The van der Waals surface area contributed by atoms with Gasteiger partial charge in [0.1, 0.15) is 5.75 Å². The average molecular weight is 315 g/mol. The zero-order valence-corrected chi connectivity index (χ0v) is 11.6. The van der Waals surface area contributed by atoms with Crippen molar-refractivity contribution in [1.29, 1.82) is 0 Å². The number of hydrogen-bond acceptors (Lipinski definition) is 3. The number of alkyl halides is 3. The summed E-state index contributed by atoms with van der Waals surface area (Å²) in [5.41, 5.74) is 0.447. The second-order valence-corrected chi connectivity index (χ2v) is 6.29. The summed E-state index contributed by atoms with van der Waals surface area (Å²) in [6, 6.07) is 12.0. The van der Waals surface area contributed by atoms with E-state index in [0.29, 0.717) is 5.56 Å². The highest BCUT2D eigenvalue weighted by Gasteiger charge is 2.32. The highest BCUT2D eigenvalue weighted by Crippen LogP contribution is 2.34. The molecule has 1 radical (unpaired) electrons. The summed E-state index contributed by atoms with van der Waals surface area (Å²) in [6.07, 6.45) is -3.81. The summed E-state index contributed by atoms with van der Waals surface area (Å²) in [4.78, 5) is 0.0193. The van der Waals surface area contributed by atoms with Crippen molar-refractivity contribution in [2.45, 2.75) is 11.3 Å². The van der Waals surface area contributed by atoms with Crippen molar-refractivity contribution in [2.75, 3.05) is 6.26 Å². The third-order valence-corrected chi connectivity index (χ3v) is 3.74. The van der Waals surface area contributed by atoms with E-state index in [2.05, 4.69) is 10.8 Å². The summed E-state index contributed by atoms with van der Waals surface area (Å²) < 4.78 is 64.1. The standard InChI is InChI=1S/C14H10F3O3S/c1-21(18,19)11-6-4-5-10(9-11)12-7-2-3-8-13(12)20-14(15,16)17/h2,4-9H,1H3. The first-order chi connectivity index (χ1) is 9.67. The van der Waals surface area contributed by atoms with Crippen molar-refractivity contribution in [3.63, 3.8) is 0 Å². The van der Waals surface area contributed by atoms with Gasteiger partial charge in [0.05, 0.1) is 4.90 Å². The van der Waals surface area contributed by atoms with E-state index in [-0.39, 0.29) is 10.5 Å². The third kappa shape index (κ3) is 3.98. The van der Waals surface area contributed by atoms with Gasteiger partial charge >= 0.3 is 6.36 Å². The number of ether oxygens (including phenoxy) is 1. The Hall–Kier alpha value is -2.02. The van der Waals surface area contributed by atoms with Crippen molar-refractivity contribution in [3.05, 3.63) is 48.5 Å². The molecule has 0 aliphatic rings. The maximum Gasteiger partial charge on any atom is 0.573 e. The van der Waals surface area contributed by atoms with Crippen LogP contribution in [-0.2, 0) is 9.84 Å². The summed E-state index contributed by atoms with van der Waals surface area (Å²) in [5, 5.41) is 0. The molecule has 2 aromatic rings. The lowest BCUT2D eigenvalue weighted by molar-refractivity contribution is -0.274. The minimum absolute atomic E-state index is 0.0193. The van der Waals surface area contributed by atoms with Crippen LogP contribution in [0, 0.1) is 6.07 Å². The average Bonchev–Trinajstić information content (AvgIpc) is 2.37. The van der Waals surface area contributed by atoms with E-state index >= 15 is 0 Å². The third-order valence-electron chi connectivity index (χ3n) is 2.62. The van der Waals surface area contributed by atoms with Crippen molar-refractivity contribution in [3.8, 4) is 16.9 Å². The Morgan fingerprint density at radius 1 is 1.19 bits per heavy atom. The van der Waals surface area contributed by atoms with Crippen LogP contribution in [0.5, 0.6) is 5.75 Å². The summed E-state index contributed by atoms with van der Waals surface area (Å²) in [7, 11) is -3.45. The molecule has 3 nitrogen and oxygen atoms in total. The maximum atomic E-state index is 12.4. The second kappa shape index (κ2) is 5.40. The van der Waals surface area contributed by atoms with E-state index < -0.39 is 21.9 Å². The molecule has 0 amide bonds. The largest absolute Gasteiger partial charge is 0.573 e. The van der Waals surface area contributed by atoms with E-state index in [9.17, 15) is 21.6 Å². The molecule has 21 heavy (non-hydrogen) atoms. The normalized spacial score (nSPS) is 12.2. The van der Waals surface area contributed by atoms with Crippen molar-refractivity contribution < 1.29 is 26.3 Å². The fourth-order valence-electron chi connectivity index (χ4n) is 1.76. The number of hydrogen-bond donors (Lipinski definition) is 0. The highest BCUT2D eigenvalue weighted by atomic mass is 32.2. The molecule has 0 unspecified atom stereocenters. The van der Waals surface area contributed by atoms with Gasteiger partial charge < -0.3 is 4.74 Å². The zero-order chi connectivity index (χ0) is 15.7. The van der Waals surface area contributed by atoms with Crippen LogP contribution >= 0.6 is 0 Å². The van der Waals surface area contributed by atoms with Crippen molar-refractivity contribution in [1.82, 2.24) is 0 Å². The monoisotopic (exact) mass is 315 g/mol. The molecule has 0 aromatic heterocycles. The number of halogens is 3. The summed E-state index contributed by atoms with van der Waals surface area (Å²) in [6.45, 7) is 0. The van der Waals surface area contributed by atoms with E-state index in [1.165, 1.54) is 36.4 Å². The molecular weight excluding hydrogens is 305 g/mol. The molecule has 2 aromatic carbocycles. The fourth-order valence-corrected chi connectivity index (χ4v) is 2.42. The van der Waals surface area contributed by atoms with Gasteiger partial charge in [0.25, 0.3) is 0 Å². The second-order valence-electron chi connectivity index (χ2n) is 4.27. The molecule has 0 saturated heterocycles. The van der Waals surface area contributed by atoms with Gasteiger partial charge in [-0.3, -0.25) is 0 Å². The molecule has 0 N–H and O–H groups in total. The first-order valence-corrected chi connectivity index (χ1v) is 7.62. The lowest BCUT2D eigenvalue weighted by Gasteiger charge is -2.13. The van der Waals surface area contributed by atoms with E-state index in [1.807, 2.05) is 0 Å². The van der Waals surface area contributed by atoms with Crippen LogP contribution < -0.4 is 4.74 Å². The first kappa shape index (κ1) is 15.4. The van der Waals surface area contributed by atoms with Gasteiger partial charge in [-0.1, -0.05) is 24.3 Å². The number of benzene rings is 2. The number of sulfone groups is 1. The van der Waals surface area contributed by atoms with E-state index in [0.717, 1.165) is 12.3 Å². The SMILES string of the molecule is CS(=O)(=O)c1cccc(-c2cc[c]cc2OC(F)(F)F)c1. The Kier molecular flexibility index (Phi) is 3.95. The van der Waals surface area contributed by atoms with Crippen LogP contribution in [0.3, 0.4) is 0 Å². The van der Waals surface area contributed by atoms with Crippen LogP contribution in [0.2, 0.25) is 0 Å². The molecule has 7 heteroatoms. The number of rotatable bonds is 3. The highest BCUT2D eigenvalue weighted by molar-refractivity contribution is 7.90. The predicted octanol–water partition coefficient (Wildman–Crippen LogP) is 3.46. The quantitative estimate of drug-likeness (QED) is 0.871. The molecular formula is C14H10F3O3S. The first-order valence-electron chi connectivity index (χ1n) is 5.73. The van der Waals surface area contributed by atoms with Gasteiger partial charge in [-0.05, 0) is 29.8 Å². The molecule has 0 spiro atoms. The zero-order valence-electron chi connectivity index (χ0n) is 10.8. The Morgan fingerprint density at radius 3 is 2.52 bits per heavy atom.